The van der Waals surface area contributed by atoms with Crippen LogP contribution in [0.5, 0.6) is 5.75 Å². The molecular formula is C9H9AlCl2O. The Hall–Kier alpha value is -0.128. The maximum Gasteiger partial charge on any atom is -1.00 e. The van der Waals surface area contributed by atoms with Crippen LogP contribution in [0, 0.1) is 0 Å². The van der Waals surface area contributed by atoms with E-state index in [1.807, 2.05) is 36.4 Å². The van der Waals surface area contributed by atoms with Crippen molar-refractivity contribution in [3.63, 3.8) is 0 Å². The minimum Gasteiger partial charge on any atom is -1.00 e. The van der Waals surface area contributed by atoms with Gasteiger partial charge in [0.1, 0.15) is 0 Å². The average Bonchev–Trinajstić information content (AvgIpc) is 2.07. The summed E-state index contributed by atoms with van der Waals surface area (Å²) in [5, 5.41) is 0.923. The molecule has 0 heterocycles. The van der Waals surface area contributed by atoms with Crippen LogP contribution in [0.3, 0.4) is 0 Å². The van der Waals surface area contributed by atoms with Gasteiger partial charge in [0, 0.05) is 0 Å². The second-order valence-corrected chi connectivity index (χ2v) is 2.51. The Balaban J connectivity index is 0. The Bertz CT molecular complexity index is 226. The van der Waals surface area contributed by atoms with Gasteiger partial charge in [0.15, 0.2) is 0 Å². The van der Waals surface area contributed by atoms with Crippen LogP contribution in [0.25, 0.3) is 0 Å². The number of rotatable bonds is 3. The molecule has 4 heteroatoms. The molecule has 0 spiro atoms. The number of ether oxygens (including phenoxy) is 1. The molecule has 0 N–H and O–H groups in total. The summed E-state index contributed by atoms with van der Waals surface area (Å²) in [6.45, 7) is 0. The largest absolute Gasteiger partial charge is 1.00 e. The van der Waals surface area contributed by atoms with Gasteiger partial charge in [-0.3, -0.25) is 0 Å². The van der Waals surface area contributed by atoms with Crippen molar-refractivity contribution in [2.75, 3.05) is 0 Å². The van der Waals surface area contributed by atoms with Crippen LogP contribution >= 0.6 is 0 Å². The van der Waals surface area contributed by atoms with E-state index in [9.17, 15) is 0 Å². The maximum atomic E-state index is 5.25. The van der Waals surface area contributed by atoms with Crippen LogP contribution < -0.4 is 29.6 Å². The first kappa shape index (κ1) is 15.3. The van der Waals surface area contributed by atoms with E-state index < -0.39 is 0 Å². The number of allylic oxidation sites excluding steroid dienone is 1. The molecule has 0 aliphatic rings. The van der Waals surface area contributed by atoms with Crippen molar-refractivity contribution < 1.29 is 29.6 Å². The molecule has 0 aliphatic carbocycles. The molecule has 0 amide bonds. The molecule has 0 atom stereocenters. The Morgan fingerprint density at radius 3 is 2.31 bits per heavy atom. The fourth-order valence-electron chi connectivity index (χ4n) is 0.681. The van der Waals surface area contributed by atoms with Crippen LogP contribution in [0.15, 0.2) is 42.7 Å². The van der Waals surface area contributed by atoms with Crippen molar-refractivity contribution in [2.24, 2.45) is 0 Å². The van der Waals surface area contributed by atoms with Gasteiger partial charge < -0.3 is 24.8 Å². The summed E-state index contributed by atoms with van der Waals surface area (Å²) in [5.41, 5.74) is 0. The third-order valence-corrected chi connectivity index (χ3v) is 1.45. The fraction of sp³-hybridized carbons (Fsp3) is 0.111. The molecule has 68 valence electrons. The standard InChI is InChI=1S/C9H9O.Al.2ClH/c1-2-8-10-9-6-4-3-5-7-9;;;/h2-8H,1H2;;2*1H/q;+2;;/p-2. The van der Waals surface area contributed by atoms with Crippen LogP contribution in [0.4, 0.5) is 0 Å². The molecule has 13 heavy (non-hydrogen) atoms. The van der Waals surface area contributed by atoms with Gasteiger partial charge in [-0.2, -0.15) is 0 Å². The number of hydrogen-bond donors (Lipinski definition) is 0. The normalized spacial score (nSPS) is 8.77. The molecule has 0 radical (unpaired) electrons. The minimum absolute atomic E-state index is 0. The van der Waals surface area contributed by atoms with Gasteiger partial charge in [-0.05, 0) is 0 Å². The van der Waals surface area contributed by atoms with E-state index >= 15 is 0 Å². The molecule has 1 rings (SSSR count). The van der Waals surface area contributed by atoms with Gasteiger partial charge in [-0.25, -0.2) is 0 Å². The predicted octanol–water partition coefficient (Wildman–Crippen LogP) is -3.83. The second-order valence-electron chi connectivity index (χ2n) is 2.04. The molecular weight excluding hydrogens is 222 g/mol. The summed E-state index contributed by atoms with van der Waals surface area (Å²) in [6.07, 6.45) is 3.64. The van der Waals surface area contributed by atoms with Crippen molar-refractivity contribution in [1.82, 2.24) is 0 Å². The summed E-state index contributed by atoms with van der Waals surface area (Å²) >= 11 is 2.60. The smallest absolute Gasteiger partial charge is 1.00 e. The van der Waals surface area contributed by atoms with E-state index in [1.54, 1.807) is 6.26 Å². The third-order valence-electron chi connectivity index (χ3n) is 1.18. The SMILES string of the molecule is [Al+2][CH2]C=COc1ccccc1.[Cl-].[Cl-]. The molecule has 0 aromatic heterocycles. The number of para-hydroxylation sites is 1. The van der Waals surface area contributed by atoms with Crippen LogP contribution in [0.2, 0.25) is 5.28 Å². The van der Waals surface area contributed by atoms with Gasteiger partial charge in [-0.15, -0.1) is 0 Å². The molecule has 0 fully saturated rings. The van der Waals surface area contributed by atoms with Crippen molar-refractivity contribution >= 4 is 16.3 Å². The zero-order chi connectivity index (χ0) is 7.94. The topological polar surface area (TPSA) is 9.23 Å². The first-order chi connectivity index (χ1) is 5.43. The molecule has 1 nitrogen and oxygen atoms in total. The van der Waals surface area contributed by atoms with Crippen molar-refractivity contribution in [2.45, 2.75) is 5.28 Å². The van der Waals surface area contributed by atoms with Gasteiger partial charge in [0.25, 0.3) is 0 Å². The zero-order valence-corrected chi connectivity index (χ0v) is 9.66. The molecule has 0 aliphatic heterocycles. The fourth-order valence-corrected chi connectivity index (χ4v) is 0.792. The zero-order valence-electron chi connectivity index (χ0n) is 6.99. The Morgan fingerprint density at radius 1 is 1.15 bits per heavy atom. The first-order valence-corrected chi connectivity index (χ1v) is 4.32. The third kappa shape index (κ3) is 6.98. The molecule has 0 saturated carbocycles. The van der Waals surface area contributed by atoms with Gasteiger partial charge in [0.2, 0.25) is 0 Å². The molecule has 0 saturated heterocycles. The molecule has 0 bridgehead atoms. The second kappa shape index (κ2) is 9.96. The summed E-state index contributed by atoms with van der Waals surface area (Å²) in [4.78, 5) is 0. The van der Waals surface area contributed by atoms with E-state index in [1.165, 1.54) is 0 Å². The van der Waals surface area contributed by atoms with Gasteiger partial charge in [0.05, 0.1) is 0 Å². The Kier molecular flexibility index (Phi) is 11.8. The van der Waals surface area contributed by atoms with E-state index in [2.05, 4.69) is 16.3 Å². The predicted molar refractivity (Wildman–Crippen MR) is 46.8 cm³/mol. The number of benzene rings is 1. The van der Waals surface area contributed by atoms with Crippen LogP contribution in [-0.4, -0.2) is 16.3 Å². The quantitative estimate of drug-likeness (QED) is 0.382. The molecule has 1 aromatic carbocycles. The van der Waals surface area contributed by atoms with E-state index in [0.29, 0.717) is 0 Å². The molecule has 0 unspecified atom stereocenters. The number of halogens is 2. The van der Waals surface area contributed by atoms with Crippen LogP contribution in [-0.2, 0) is 0 Å². The summed E-state index contributed by atoms with van der Waals surface area (Å²) < 4.78 is 5.25. The van der Waals surface area contributed by atoms with Crippen LogP contribution in [0.1, 0.15) is 0 Å². The summed E-state index contributed by atoms with van der Waals surface area (Å²) in [7, 11) is 0. The van der Waals surface area contributed by atoms with Gasteiger partial charge >= 0.3 is 74.7 Å². The minimum atomic E-state index is 0. The van der Waals surface area contributed by atoms with Crippen molar-refractivity contribution in [3.8, 4) is 5.75 Å². The van der Waals surface area contributed by atoms with Crippen molar-refractivity contribution in [1.29, 1.82) is 0 Å². The summed E-state index contributed by atoms with van der Waals surface area (Å²) in [5.74, 6) is 0.877. The first-order valence-electron chi connectivity index (χ1n) is 3.50. The Labute approximate surface area is 99.4 Å². The monoisotopic (exact) mass is 230 g/mol. The summed E-state index contributed by atoms with van der Waals surface area (Å²) in [6, 6.07) is 9.71. The van der Waals surface area contributed by atoms with E-state index in [4.69, 9.17) is 4.74 Å². The van der Waals surface area contributed by atoms with Gasteiger partial charge in [-0.1, -0.05) is 0 Å². The average molecular weight is 231 g/mol. The number of hydrogen-bond acceptors (Lipinski definition) is 1. The van der Waals surface area contributed by atoms with E-state index in [0.717, 1.165) is 11.0 Å². The van der Waals surface area contributed by atoms with E-state index in [-0.39, 0.29) is 24.8 Å². The van der Waals surface area contributed by atoms with Crippen molar-refractivity contribution in [3.05, 3.63) is 42.7 Å². The molecule has 1 aromatic rings. The Morgan fingerprint density at radius 2 is 1.77 bits per heavy atom. The maximum absolute atomic E-state index is 5.25.